The molecule has 0 aliphatic carbocycles. The van der Waals surface area contributed by atoms with Crippen molar-refractivity contribution in [1.29, 1.82) is 0 Å². The zero-order valence-electron chi connectivity index (χ0n) is 15.7. The molecule has 0 bridgehead atoms. The number of hydrogen-bond acceptors (Lipinski definition) is 6. The number of nitrogens with zero attached hydrogens (tertiary/aromatic N) is 1. The first-order valence-electron chi connectivity index (χ1n) is 9.28. The first-order chi connectivity index (χ1) is 13.3. The summed E-state index contributed by atoms with van der Waals surface area (Å²) in [6, 6.07) is 3.61. The number of fused-ring (bicyclic) bond motifs is 2. The maximum absolute atomic E-state index is 12.7. The van der Waals surface area contributed by atoms with Gasteiger partial charge in [0, 0.05) is 41.8 Å². The van der Waals surface area contributed by atoms with Crippen LogP contribution in [0.15, 0.2) is 32.0 Å². The quantitative estimate of drug-likeness (QED) is 0.639. The third kappa shape index (κ3) is 3.06. The summed E-state index contributed by atoms with van der Waals surface area (Å²) >= 11 is 0. The highest BCUT2D eigenvalue weighted by atomic mass is 16.4. The Balaban J connectivity index is 1.64. The fourth-order valence-corrected chi connectivity index (χ4v) is 3.87. The molecule has 4 rings (SSSR count). The van der Waals surface area contributed by atoms with E-state index in [2.05, 4.69) is 0 Å². The second kappa shape index (κ2) is 6.82. The number of carbonyl (C=O) groups is 2. The molecular weight excluding hydrogens is 362 g/mol. The summed E-state index contributed by atoms with van der Waals surface area (Å²) in [7, 11) is 0. The molecule has 1 amide bonds. The van der Waals surface area contributed by atoms with Crippen molar-refractivity contribution in [2.24, 2.45) is 5.92 Å². The molecule has 3 heterocycles. The predicted octanol–water partition coefficient (Wildman–Crippen LogP) is 1.69. The van der Waals surface area contributed by atoms with E-state index in [1.54, 1.807) is 17.2 Å². The average molecular weight is 382 g/mol. The Labute approximate surface area is 160 Å². The number of benzene rings is 1. The number of aliphatic carboxylic acids is 1. The Hall–Kier alpha value is -3.09. The standard InChI is InChI=1S/C21H21NO6/c1-11-10-27-17-9-18-15(7-14(11)17)12(2)16(21(26)28-18)8-19(23)22-5-3-13(4-6-22)20(24)25/h7,9-10,13H,3-6,8H2,1-2H3,(H,24,25)/p-1. The zero-order chi connectivity index (χ0) is 20.0. The van der Waals surface area contributed by atoms with Gasteiger partial charge in [-0.1, -0.05) is 0 Å². The fourth-order valence-electron chi connectivity index (χ4n) is 3.87. The van der Waals surface area contributed by atoms with Gasteiger partial charge in [-0.25, -0.2) is 4.79 Å². The number of likely N-dealkylation sites (tertiary alicyclic amines) is 1. The lowest BCUT2D eigenvalue weighted by molar-refractivity contribution is -0.312. The maximum atomic E-state index is 12.7. The molecule has 0 atom stereocenters. The van der Waals surface area contributed by atoms with Crippen LogP contribution in [0.1, 0.15) is 29.5 Å². The fraction of sp³-hybridized carbons (Fsp3) is 0.381. The molecule has 0 N–H and O–H groups in total. The number of amides is 1. The smallest absolute Gasteiger partial charge is 0.340 e. The van der Waals surface area contributed by atoms with Crippen molar-refractivity contribution in [2.45, 2.75) is 33.1 Å². The van der Waals surface area contributed by atoms with Crippen LogP contribution in [0.3, 0.4) is 0 Å². The Morgan fingerprint density at radius 2 is 1.86 bits per heavy atom. The summed E-state index contributed by atoms with van der Waals surface area (Å²) in [5.74, 6) is -1.79. The lowest BCUT2D eigenvalue weighted by atomic mass is 9.96. The van der Waals surface area contributed by atoms with Crippen LogP contribution in [0.25, 0.3) is 21.9 Å². The number of rotatable bonds is 3. The van der Waals surface area contributed by atoms with Crippen molar-refractivity contribution in [3.8, 4) is 0 Å². The molecule has 1 saturated heterocycles. The van der Waals surface area contributed by atoms with E-state index in [0.717, 1.165) is 16.3 Å². The summed E-state index contributed by atoms with van der Waals surface area (Å²) < 4.78 is 10.9. The van der Waals surface area contributed by atoms with E-state index in [9.17, 15) is 19.5 Å². The Kier molecular flexibility index (Phi) is 4.45. The average Bonchev–Trinajstić information content (AvgIpc) is 3.03. The minimum Gasteiger partial charge on any atom is -0.550 e. The van der Waals surface area contributed by atoms with E-state index < -0.39 is 17.5 Å². The number of carboxylic acid groups (broad SMARTS) is 1. The van der Waals surface area contributed by atoms with Crippen LogP contribution < -0.4 is 10.7 Å². The van der Waals surface area contributed by atoms with Gasteiger partial charge in [0.25, 0.3) is 0 Å². The zero-order valence-corrected chi connectivity index (χ0v) is 15.7. The first-order valence-corrected chi connectivity index (χ1v) is 9.28. The maximum Gasteiger partial charge on any atom is 0.340 e. The van der Waals surface area contributed by atoms with Gasteiger partial charge in [-0.3, -0.25) is 4.79 Å². The van der Waals surface area contributed by atoms with E-state index in [1.165, 1.54) is 0 Å². The number of aryl methyl sites for hydroxylation is 2. The van der Waals surface area contributed by atoms with Crippen molar-refractivity contribution >= 4 is 33.8 Å². The SMILES string of the molecule is Cc1coc2cc3oc(=O)c(CC(=O)N4CCC(C(=O)[O-])CC4)c(C)c3cc12. The summed E-state index contributed by atoms with van der Waals surface area (Å²) in [6.45, 7) is 4.45. The van der Waals surface area contributed by atoms with E-state index in [0.29, 0.717) is 48.2 Å². The molecule has 0 unspecified atom stereocenters. The molecular formula is C21H20NO6-. The second-order valence-electron chi connectivity index (χ2n) is 7.41. The van der Waals surface area contributed by atoms with Crippen molar-refractivity contribution in [3.05, 3.63) is 45.5 Å². The summed E-state index contributed by atoms with van der Waals surface area (Å²) in [5.41, 5.74) is 2.57. The Morgan fingerprint density at radius 1 is 1.14 bits per heavy atom. The summed E-state index contributed by atoms with van der Waals surface area (Å²) in [6.07, 6.45) is 2.33. The van der Waals surface area contributed by atoms with Crippen molar-refractivity contribution in [3.63, 3.8) is 0 Å². The molecule has 7 nitrogen and oxygen atoms in total. The number of carbonyl (C=O) groups excluding carboxylic acids is 2. The molecule has 0 radical (unpaired) electrons. The highest BCUT2D eigenvalue weighted by Gasteiger charge is 2.25. The molecule has 3 aromatic rings. The van der Waals surface area contributed by atoms with Gasteiger partial charge in [0.2, 0.25) is 5.91 Å². The third-order valence-corrected chi connectivity index (χ3v) is 5.68. The van der Waals surface area contributed by atoms with Crippen molar-refractivity contribution < 1.29 is 23.5 Å². The van der Waals surface area contributed by atoms with Crippen LogP contribution in [0.4, 0.5) is 0 Å². The number of piperidine rings is 1. The normalized spacial score (nSPS) is 15.4. The number of furan rings is 1. The number of carboxylic acids is 1. The highest BCUT2D eigenvalue weighted by molar-refractivity contribution is 5.96. The van der Waals surface area contributed by atoms with Crippen LogP contribution in [0.2, 0.25) is 0 Å². The summed E-state index contributed by atoms with van der Waals surface area (Å²) in [4.78, 5) is 37.7. The Morgan fingerprint density at radius 3 is 2.54 bits per heavy atom. The predicted molar refractivity (Wildman–Crippen MR) is 99.7 cm³/mol. The van der Waals surface area contributed by atoms with Gasteiger partial charge in [0.15, 0.2) is 0 Å². The second-order valence-corrected chi connectivity index (χ2v) is 7.41. The van der Waals surface area contributed by atoms with Crippen LogP contribution in [-0.2, 0) is 16.0 Å². The molecule has 0 spiro atoms. The van der Waals surface area contributed by atoms with Gasteiger partial charge in [-0.15, -0.1) is 0 Å². The van der Waals surface area contributed by atoms with E-state index >= 15 is 0 Å². The summed E-state index contributed by atoms with van der Waals surface area (Å²) in [5, 5.41) is 12.7. The van der Waals surface area contributed by atoms with Gasteiger partial charge in [0.05, 0.1) is 18.2 Å². The molecule has 1 aliphatic rings. The number of hydrogen-bond donors (Lipinski definition) is 0. The lowest BCUT2D eigenvalue weighted by Crippen LogP contribution is -2.44. The van der Waals surface area contributed by atoms with Gasteiger partial charge < -0.3 is 23.6 Å². The Bertz CT molecular complexity index is 1150. The van der Waals surface area contributed by atoms with Gasteiger partial charge in [-0.2, -0.15) is 0 Å². The molecule has 1 aromatic carbocycles. The van der Waals surface area contributed by atoms with Crippen LogP contribution in [0.5, 0.6) is 0 Å². The van der Waals surface area contributed by atoms with Crippen LogP contribution >= 0.6 is 0 Å². The molecule has 28 heavy (non-hydrogen) atoms. The van der Waals surface area contributed by atoms with Crippen molar-refractivity contribution in [2.75, 3.05) is 13.1 Å². The van der Waals surface area contributed by atoms with Crippen LogP contribution in [-0.4, -0.2) is 29.9 Å². The largest absolute Gasteiger partial charge is 0.550 e. The van der Waals surface area contributed by atoms with Gasteiger partial charge in [0.1, 0.15) is 11.2 Å². The minimum absolute atomic E-state index is 0.0670. The van der Waals surface area contributed by atoms with E-state index in [1.807, 2.05) is 19.9 Å². The molecule has 1 fully saturated rings. The highest BCUT2D eigenvalue weighted by Crippen LogP contribution is 2.29. The van der Waals surface area contributed by atoms with Crippen molar-refractivity contribution in [1.82, 2.24) is 4.90 Å². The first kappa shape index (κ1) is 18.3. The molecule has 146 valence electrons. The molecule has 7 heteroatoms. The topological polar surface area (TPSA) is 104 Å². The minimum atomic E-state index is -1.07. The molecule has 2 aromatic heterocycles. The van der Waals surface area contributed by atoms with E-state index in [4.69, 9.17) is 8.83 Å². The van der Waals surface area contributed by atoms with Crippen LogP contribution in [0, 0.1) is 19.8 Å². The molecule has 0 saturated carbocycles. The van der Waals surface area contributed by atoms with Gasteiger partial charge >= 0.3 is 5.63 Å². The lowest BCUT2D eigenvalue weighted by Gasteiger charge is -2.32. The monoisotopic (exact) mass is 382 g/mol. The van der Waals surface area contributed by atoms with E-state index in [-0.39, 0.29) is 12.3 Å². The molecule has 1 aliphatic heterocycles. The van der Waals surface area contributed by atoms with Gasteiger partial charge in [-0.05, 0) is 43.9 Å². The third-order valence-electron chi connectivity index (χ3n) is 5.68.